The van der Waals surface area contributed by atoms with Crippen molar-refractivity contribution >= 4 is 11.7 Å². The van der Waals surface area contributed by atoms with Crippen LogP contribution in [0.5, 0.6) is 5.75 Å². The third kappa shape index (κ3) is 4.99. The van der Waals surface area contributed by atoms with Gasteiger partial charge in [0.05, 0.1) is 49.2 Å². The number of alkyl halides is 3. The molecule has 6 nitrogen and oxygen atoms in total. The standard InChI is InChI=1S/C21H27F3N2O4/c22-21(23,24)14-3-1-13(2-4-14)12-30-16-7-15(9-25-10-16)26-5-6-29-19(11-26)17-8-18(17)20(27)28/h7,9-10,13-14,17-19H,1-6,8,11-12H2,(H,27,28)/t13-,14-,17-,18-,19-/m0/s1. The highest BCUT2D eigenvalue weighted by molar-refractivity contribution is 5.73. The molecule has 3 fully saturated rings. The Kier molecular flexibility index (Phi) is 6.09. The van der Waals surface area contributed by atoms with E-state index >= 15 is 0 Å². The number of ether oxygens (including phenoxy) is 2. The van der Waals surface area contributed by atoms with Gasteiger partial charge >= 0.3 is 12.1 Å². The zero-order valence-corrected chi connectivity index (χ0v) is 16.7. The minimum Gasteiger partial charge on any atom is -0.492 e. The summed E-state index contributed by atoms with van der Waals surface area (Å²) in [5, 5.41) is 9.14. The zero-order chi connectivity index (χ0) is 21.3. The normalized spacial score (nSPS) is 32.0. The number of hydrogen-bond donors (Lipinski definition) is 1. The maximum atomic E-state index is 12.8. The lowest BCUT2D eigenvalue weighted by atomic mass is 9.82. The summed E-state index contributed by atoms with van der Waals surface area (Å²) in [7, 11) is 0. The first-order chi connectivity index (χ1) is 14.3. The van der Waals surface area contributed by atoms with Crippen LogP contribution in [0.3, 0.4) is 0 Å². The lowest BCUT2D eigenvalue weighted by molar-refractivity contribution is -0.184. The second-order valence-corrected chi connectivity index (χ2v) is 8.65. The number of nitrogens with zero attached hydrogens (tertiary/aromatic N) is 2. The number of halogens is 3. The van der Waals surface area contributed by atoms with Crippen LogP contribution in [0.4, 0.5) is 18.9 Å². The molecule has 0 unspecified atom stereocenters. The van der Waals surface area contributed by atoms with E-state index in [-0.39, 0.29) is 36.7 Å². The number of aliphatic carboxylic acids is 1. The van der Waals surface area contributed by atoms with Crippen LogP contribution in [0.1, 0.15) is 32.1 Å². The van der Waals surface area contributed by atoms with E-state index < -0.39 is 18.1 Å². The second-order valence-electron chi connectivity index (χ2n) is 8.65. The summed E-state index contributed by atoms with van der Waals surface area (Å²) in [6, 6.07) is 1.89. The second kappa shape index (κ2) is 8.61. The van der Waals surface area contributed by atoms with Gasteiger partial charge in [-0.25, -0.2) is 0 Å². The van der Waals surface area contributed by atoms with Crippen LogP contribution in [0.15, 0.2) is 18.5 Å². The smallest absolute Gasteiger partial charge is 0.391 e. The topological polar surface area (TPSA) is 71.9 Å². The summed E-state index contributed by atoms with van der Waals surface area (Å²) in [4.78, 5) is 17.5. The number of hydrogen-bond acceptors (Lipinski definition) is 5. The van der Waals surface area contributed by atoms with Crippen LogP contribution in [0.2, 0.25) is 0 Å². The number of carbonyl (C=O) groups is 1. The zero-order valence-electron chi connectivity index (χ0n) is 16.7. The molecule has 1 aromatic rings. The van der Waals surface area contributed by atoms with E-state index in [4.69, 9.17) is 14.6 Å². The molecule has 0 spiro atoms. The van der Waals surface area contributed by atoms with Gasteiger partial charge in [-0.2, -0.15) is 13.2 Å². The predicted octanol–water partition coefficient (Wildman–Crippen LogP) is 3.76. The third-order valence-corrected chi connectivity index (χ3v) is 6.59. The summed E-state index contributed by atoms with van der Waals surface area (Å²) >= 11 is 0. The first kappa shape index (κ1) is 21.2. The number of carboxylic acids is 1. The van der Waals surface area contributed by atoms with Crippen molar-refractivity contribution in [3.05, 3.63) is 18.5 Å². The minimum atomic E-state index is -4.09. The molecule has 1 aromatic heterocycles. The van der Waals surface area contributed by atoms with Crippen LogP contribution in [-0.2, 0) is 9.53 Å². The van der Waals surface area contributed by atoms with Crippen molar-refractivity contribution in [1.82, 2.24) is 4.98 Å². The van der Waals surface area contributed by atoms with Crippen molar-refractivity contribution in [3.8, 4) is 5.75 Å². The molecule has 1 aliphatic heterocycles. The fourth-order valence-electron chi connectivity index (χ4n) is 4.61. The Bertz CT molecular complexity index is 752. The molecule has 2 aliphatic carbocycles. The molecule has 3 atom stereocenters. The highest BCUT2D eigenvalue weighted by Crippen LogP contribution is 2.44. The van der Waals surface area contributed by atoms with E-state index in [2.05, 4.69) is 9.88 Å². The first-order valence-electron chi connectivity index (χ1n) is 10.5. The van der Waals surface area contributed by atoms with Crippen molar-refractivity contribution in [2.24, 2.45) is 23.7 Å². The van der Waals surface area contributed by atoms with Gasteiger partial charge in [-0.05, 0) is 38.0 Å². The Hall–Kier alpha value is -2.03. The van der Waals surface area contributed by atoms with Gasteiger partial charge in [-0.3, -0.25) is 9.78 Å². The van der Waals surface area contributed by atoms with Crippen LogP contribution in [0, 0.1) is 23.7 Å². The first-order valence-corrected chi connectivity index (χ1v) is 10.5. The average molecular weight is 428 g/mol. The van der Waals surface area contributed by atoms with Crippen molar-refractivity contribution < 1.29 is 32.5 Å². The Morgan fingerprint density at radius 1 is 1.27 bits per heavy atom. The van der Waals surface area contributed by atoms with E-state index in [1.165, 1.54) is 0 Å². The Balaban J connectivity index is 1.28. The molecule has 0 bridgehead atoms. The Labute approximate surface area is 173 Å². The quantitative estimate of drug-likeness (QED) is 0.744. The van der Waals surface area contributed by atoms with Gasteiger partial charge in [0.2, 0.25) is 0 Å². The highest BCUT2D eigenvalue weighted by atomic mass is 19.4. The van der Waals surface area contributed by atoms with Gasteiger partial charge in [0.1, 0.15) is 5.75 Å². The van der Waals surface area contributed by atoms with Gasteiger partial charge in [0, 0.05) is 25.1 Å². The molecule has 0 amide bonds. The minimum absolute atomic E-state index is 0.0597. The SMILES string of the molecule is O=C(O)[C@H]1C[C@@H]1[C@@H]1CN(c2cncc(OC[C@H]3CC[C@H](C(F)(F)F)CC3)c2)CCO1. The van der Waals surface area contributed by atoms with E-state index in [1.54, 1.807) is 12.4 Å². The largest absolute Gasteiger partial charge is 0.492 e. The van der Waals surface area contributed by atoms with Gasteiger partial charge in [0.15, 0.2) is 0 Å². The van der Waals surface area contributed by atoms with E-state index in [0.29, 0.717) is 51.3 Å². The molecule has 0 aromatic carbocycles. The molecule has 166 valence electrons. The van der Waals surface area contributed by atoms with Crippen LogP contribution in [-0.4, -0.2) is 54.6 Å². The molecule has 30 heavy (non-hydrogen) atoms. The van der Waals surface area contributed by atoms with Crippen molar-refractivity contribution in [1.29, 1.82) is 0 Å². The monoisotopic (exact) mass is 428 g/mol. The lowest BCUT2D eigenvalue weighted by Crippen LogP contribution is -2.44. The number of pyridine rings is 1. The number of rotatable bonds is 6. The van der Waals surface area contributed by atoms with Crippen LogP contribution >= 0.6 is 0 Å². The number of morpholine rings is 1. The molecule has 2 saturated carbocycles. The van der Waals surface area contributed by atoms with Crippen molar-refractivity contribution in [2.75, 3.05) is 31.2 Å². The van der Waals surface area contributed by atoms with Crippen LogP contribution in [0.25, 0.3) is 0 Å². The molecule has 3 aliphatic rings. The Morgan fingerprint density at radius 2 is 2.03 bits per heavy atom. The van der Waals surface area contributed by atoms with Crippen molar-refractivity contribution in [2.45, 2.75) is 44.4 Å². The van der Waals surface area contributed by atoms with Gasteiger partial charge in [-0.1, -0.05) is 0 Å². The summed E-state index contributed by atoms with van der Waals surface area (Å²) in [6.45, 7) is 2.22. The average Bonchev–Trinajstić information content (AvgIpc) is 3.54. The van der Waals surface area contributed by atoms with Crippen LogP contribution < -0.4 is 9.64 Å². The number of aromatic nitrogens is 1. The molecule has 2 heterocycles. The van der Waals surface area contributed by atoms with E-state index in [0.717, 1.165) is 5.69 Å². The number of anilines is 1. The maximum absolute atomic E-state index is 12.8. The fraction of sp³-hybridized carbons (Fsp3) is 0.714. The van der Waals surface area contributed by atoms with E-state index in [9.17, 15) is 18.0 Å². The molecule has 0 radical (unpaired) electrons. The van der Waals surface area contributed by atoms with Crippen molar-refractivity contribution in [3.63, 3.8) is 0 Å². The molecule has 1 N–H and O–H groups in total. The lowest BCUT2D eigenvalue weighted by Gasteiger charge is -2.34. The van der Waals surface area contributed by atoms with E-state index in [1.807, 2.05) is 6.07 Å². The van der Waals surface area contributed by atoms with Gasteiger partial charge < -0.3 is 19.5 Å². The molecule has 1 saturated heterocycles. The summed E-state index contributed by atoms with van der Waals surface area (Å²) in [5.74, 6) is -1.46. The van der Waals surface area contributed by atoms with Gasteiger partial charge in [0.25, 0.3) is 0 Å². The van der Waals surface area contributed by atoms with Gasteiger partial charge in [-0.15, -0.1) is 0 Å². The number of carboxylic acid groups (broad SMARTS) is 1. The summed E-state index contributed by atoms with van der Waals surface area (Å²) < 4.78 is 50.0. The molecular weight excluding hydrogens is 401 g/mol. The predicted molar refractivity (Wildman–Crippen MR) is 102 cm³/mol. The maximum Gasteiger partial charge on any atom is 0.391 e. The Morgan fingerprint density at radius 3 is 2.70 bits per heavy atom. The third-order valence-electron chi connectivity index (χ3n) is 6.59. The fourth-order valence-corrected chi connectivity index (χ4v) is 4.61. The molecular formula is C21H27F3N2O4. The molecule has 4 rings (SSSR count). The molecule has 9 heteroatoms. The summed E-state index contributed by atoms with van der Waals surface area (Å²) in [6.07, 6.45) is 1.20. The highest BCUT2D eigenvalue weighted by Gasteiger charge is 2.49. The summed E-state index contributed by atoms with van der Waals surface area (Å²) in [5.41, 5.74) is 0.883.